The third-order valence-corrected chi connectivity index (χ3v) is 1.66. The highest BCUT2D eigenvalue weighted by Gasteiger charge is 2.05. The van der Waals surface area contributed by atoms with Crippen LogP contribution in [0.4, 0.5) is 0 Å². The second kappa shape index (κ2) is 3.92. The molecule has 0 aliphatic rings. The molecule has 1 rings (SSSR count). The summed E-state index contributed by atoms with van der Waals surface area (Å²) in [7, 11) is 0. The molecule has 0 aliphatic carbocycles. The predicted molar refractivity (Wildman–Crippen MR) is 46.4 cm³/mol. The number of aromatic nitrogens is 1. The van der Waals surface area contributed by atoms with Gasteiger partial charge in [0.1, 0.15) is 5.69 Å². The number of hydrogen-bond acceptors (Lipinski definition) is 2. The van der Waals surface area contributed by atoms with Gasteiger partial charge in [-0.15, -0.1) is 0 Å². The molecule has 0 saturated carbocycles. The SMILES string of the molecule is CCCc1c[nH]c(C(=O)NN)c1. The Morgan fingerprint density at radius 2 is 2.50 bits per heavy atom. The maximum Gasteiger partial charge on any atom is 0.281 e. The Morgan fingerprint density at radius 3 is 3.08 bits per heavy atom. The van der Waals surface area contributed by atoms with E-state index < -0.39 is 0 Å². The summed E-state index contributed by atoms with van der Waals surface area (Å²) < 4.78 is 0. The molecule has 1 heterocycles. The largest absolute Gasteiger partial charge is 0.357 e. The number of aromatic amines is 1. The Labute approximate surface area is 71.1 Å². The predicted octanol–water partition coefficient (Wildman–Crippen LogP) is 0.571. The minimum atomic E-state index is -0.280. The van der Waals surface area contributed by atoms with Gasteiger partial charge in [0.2, 0.25) is 0 Å². The maximum absolute atomic E-state index is 11.0. The van der Waals surface area contributed by atoms with Crippen LogP contribution in [0.2, 0.25) is 0 Å². The van der Waals surface area contributed by atoms with Gasteiger partial charge in [-0.2, -0.15) is 0 Å². The molecule has 0 aliphatic heterocycles. The normalized spacial score (nSPS) is 9.83. The van der Waals surface area contributed by atoms with Crippen LogP contribution in [0, 0.1) is 0 Å². The highest BCUT2D eigenvalue weighted by atomic mass is 16.2. The van der Waals surface area contributed by atoms with Crippen molar-refractivity contribution >= 4 is 5.91 Å². The van der Waals surface area contributed by atoms with Gasteiger partial charge in [0.25, 0.3) is 5.91 Å². The zero-order valence-electron chi connectivity index (χ0n) is 7.05. The van der Waals surface area contributed by atoms with E-state index in [2.05, 4.69) is 17.3 Å². The molecule has 0 unspecified atom stereocenters. The molecule has 12 heavy (non-hydrogen) atoms. The molecule has 0 spiro atoms. The van der Waals surface area contributed by atoms with Crippen LogP contribution in [0.3, 0.4) is 0 Å². The Hall–Kier alpha value is -1.29. The molecule has 66 valence electrons. The fourth-order valence-electron chi connectivity index (χ4n) is 1.08. The van der Waals surface area contributed by atoms with E-state index in [4.69, 9.17) is 5.84 Å². The second-order valence-corrected chi connectivity index (χ2v) is 2.65. The number of amides is 1. The minimum Gasteiger partial charge on any atom is -0.357 e. The second-order valence-electron chi connectivity index (χ2n) is 2.65. The summed E-state index contributed by atoms with van der Waals surface area (Å²) in [4.78, 5) is 13.8. The fraction of sp³-hybridized carbons (Fsp3) is 0.375. The fourth-order valence-corrected chi connectivity index (χ4v) is 1.08. The lowest BCUT2D eigenvalue weighted by Gasteiger charge is -1.92. The van der Waals surface area contributed by atoms with Crippen molar-refractivity contribution in [2.24, 2.45) is 5.84 Å². The zero-order chi connectivity index (χ0) is 8.97. The zero-order valence-corrected chi connectivity index (χ0v) is 7.05. The Balaban J connectivity index is 2.70. The van der Waals surface area contributed by atoms with Gasteiger partial charge in [0, 0.05) is 6.20 Å². The first kappa shape index (κ1) is 8.80. The standard InChI is InChI=1S/C8H13N3O/c1-2-3-6-4-7(10-5-6)8(12)11-9/h4-5,10H,2-3,9H2,1H3,(H,11,12). The monoisotopic (exact) mass is 167 g/mol. The smallest absolute Gasteiger partial charge is 0.281 e. The quantitative estimate of drug-likeness (QED) is 0.350. The summed E-state index contributed by atoms with van der Waals surface area (Å²) in [6.45, 7) is 2.09. The lowest BCUT2D eigenvalue weighted by atomic mass is 10.2. The number of nitrogen functional groups attached to an aromatic ring is 1. The molecular formula is C8H13N3O. The van der Waals surface area contributed by atoms with Crippen LogP contribution in [-0.4, -0.2) is 10.9 Å². The Bertz CT molecular complexity index is 267. The topological polar surface area (TPSA) is 70.9 Å². The number of H-pyrrole nitrogens is 1. The Morgan fingerprint density at radius 1 is 1.75 bits per heavy atom. The average molecular weight is 167 g/mol. The van der Waals surface area contributed by atoms with Crippen molar-refractivity contribution in [3.63, 3.8) is 0 Å². The molecule has 0 bridgehead atoms. The van der Waals surface area contributed by atoms with Gasteiger partial charge < -0.3 is 4.98 Å². The lowest BCUT2D eigenvalue weighted by Crippen LogP contribution is -2.30. The number of nitrogens with two attached hydrogens (primary N) is 1. The van der Waals surface area contributed by atoms with Crippen LogP contribution < -0.4 is 11.3 Å². The van der Waals surface area contributed by atoms with E-state index in [1.54, 1.807) is 0 Å². The van der Waals surface area contributed by atoms with E-state index >= 15 is 0 Å². The van der Waals surface area contributed by atoms with Crippen molar-refractivity contribution in [2.45, 2.75) is 19.8 Å². The molecule has 4 N–H and O–H groups in total. The number of nitrogens with one attached hydrogen (secondary N) is 2. The minimum absolute atomic E-state index is 0.280. The summed E-state index contributed by atoms with van der Waals surface area (Å²) in [5.41, 5.74) is 3.72. The van der Waals surface area contributed by atoms with Gasteiger partial charge in [-0.25, -0.2) is 5.84 Å². The Kier molecular flexibility index (Phi) is 2.88. The van der Waals surface area contributed by atoms with Crippen LogP contribution in [0.15, 0.2) is 12.3 Å². The molecule has 0 atom stereocenters. The van der Waals surface area contributed by atoms with Crippen LogP contribution >= 0.6 is 0 Å². The number of hydrogen-bond donors (Lipinski definition) is 3. The lowest BCUT2D eigenvalue weighted by molar-refractivity contribution is 0.0949. The first-order valence-electron chi connectivity index (χ1n) is 3.96. The maximum atomic E-state index is 11.0. The van der Waals surface area contributed by atoms with E-state index in [1.165, 1.54) is 0 Å². The molecule has 1 amide bonds. The van der Waals surface area contributed by atoms with Crippen LogP contribution in [0.1, 0.15) is 29.4 Å². The summed E-state index contributed by atoms with van der Waals surface area (Å²) in [6.07, 6.45) is 3.88. The molecule has 4 nitrogen and oxygen atoms in total. The highest BCUT2D eigenvalue weighted by molar-refractivity contribution is 5.92. The molecule has 0 saturated heterocycles. The van der Waals surface area contributed by atoms with E-state index in [1.807, 2.05) is 12.3 Å². The number of carbonyl (C=O) groups excluding carboxylic acids is 1. The van der Waals surface area contributed by atoms with Crippen LogP contribution in [0.25, 0.3) is 0 Å². The third kappa shape index (κ3) is 1.85. The first-order chi connectivity index (χ1) is 5.77. The van der Waals surface area contributed by atoms with Crippen molar-refractivity contribution in [2.75, 3.05) is 0 Å². The van der Waals surface area contributed by atoms with Crippen molar-refractivity contribution in [3.05, 3.63) is 23.5 Å². The molecule has 1 aromatic heterocycles. The van der Waals surface area contributed by atoms with E-state index in [-0.39, 0.29) is 5.91 Å². The van der Waals surface area contributed by atoms with E-state index in [0.29, 0.717) is 5.69 Å². The summed E-state index contributed by atoms with van der Waals surface area (Å²) in [6, 6.07) is 1.81. The number of rotatable bonds is 3. The molecule has 0 radical (unpaired) electrons. The van der Waals surface area contributed by atoms with Gasteiger partial charge in [0.05, 0.1) is 0 Å². The molecule has 1 aromatic rings. The number of hydrazine groups is 1. The summed E-state index contributed by atoms with van der Waals surface area (Å²) >= 11 is 0. The third-order valence-electron chi connectivity index (χ3n) is 1.66. The van der Waals surface area contributed by atoms with Gasteiger partial charge >= 0.3 is 0 Å². The molecule has 0 fully saturated rings. The molecule has 4 heteroatoms. The first-order valence-corrected chi connectivity index (χ1v) is 3.96. The van der Waals surface area contributed by atoms with Crippen molar-refractivity contribution < 1.29 is 4.79 Å². The van der Waals surface area contributed by atoms with Crippen LogP contribution in [-0.2, 0) is 6.42 Å². The summed E-state index contributed by atoms with van der Waals surface area (Å²) in [5.74, 6) is 4.69. The highest BCUT2D eigenvalue weighted by Crippen LogP contribution is 2.05. The van der Waals surface area contributed by atoms with E-state index in [9.17, 15) is 4.79 Å². The molecule has 0 aromatic carbocycles. The van der Waals surface area contributed by atoms with Gasteiger partial charge in [-0.1, -0.05) is 13.3 Å². The van der Waals surface area contributed by atoms with Gasteiger partial charge in [0.15, 0.2) is 0 Å². The molecular weight excluding hydrogens is 154 g/mol. The van der Waals surface area contributed by atoms with Crippen molar-refractivity contribution in [3.8, 4) is 0 Å². The van der Waals surface area contributed by atoms with Gasteiger partial charge in [-0.05, 0) is 18.1 Å². The van der Waals surface area contributed by atoms with Crippen molar-refractivity contribution in [1.82, 2.24) is 10.4 Å². The van der Waals surface area contributed by atoms with Crippen LogP contribution in [0.5, 0.6) is 0 Å². The van der Waals surface area contributed by atoms with Gasteiger partial charge in [-0.3, -0.25) is 10.2 Å². The van der Waals surface area contributed by atoms with E-state index in [0.717, 1.165) is 18.4 Å². The van der Waals surface area contributed by atoms with Crippen molar-refractivity contribution in [1.29, 1.82) is 0 Å². The number of aryl methyl sites for hydroxylation is 1. The average Bonchev–Trinajstić information content (AvgIpc) is 2.52. The number of carbonyl (C=O) groups is 1. The summed E-state index contributed by atoms with van der Waals surface area (Å²) in [5, 5.41) is 0.